The Morgan fingerprint density at radius 2 is 2.04 bits per heavy atom. The van der Waals surface area contributed by atoms with Crippen molar-refractivity contribution in [3.05, 3.63) is 68.4 Å². The van der Waals surface area contributed by atoms with E-state index in [2.05, 4.69) is 15.4 Å². The second kappa shape index (κ2) is 7.82. The number of benzene rings is 1. The van der Waals surface area contributed by atoms with Crippen LogP contribution in [0.25, 0.3) is 16.9 Å². The van der Waals surface area contributed by atoms with E-state index in [-0.39, 0.29) is 12.3 Å². The summed E-state index contributed by atoms with van der Waals surface area (Å²) in [7, 11) is 0. The molecule has 1 aromatic carbocycles. The first-order valence-electron chi connectivity index (χ1n) is 7.88. The maximum absolute atomic E-state index is 12.3. The van der Waals surface area contributed by atoms with Crippen molar-refractivity contribution in [2.45, 2.75) is 6.42 Å². The molecule has 0 saturated carbocycles. The van der Waals surface area contributed by atoms with Crippen LogP contribution in [0.4, 0.5) is 5.13 Å². The van der Waals surface area contributed by atoms with Crippen molar-refractivity contribution in [1.82, 2.24) is 14.8 Å². The van der Waals surface area contributed by atoms with Crippen LogP contribution in [-0.2, 0) is 11.2 Å². The normalized spacial score (nSPS) is 10.9. The van der Waals surface area contributed by atoms with Gasteiger partial charge in [-0.15, -0.1) is 22.7 Å². The van der Waals surface area contributed by atoms with E-state index in [1.165, 1.54) is 22.7 Å². The van der Waals surface area contributed by atoms with Crippen LogP contribution < -0.4 is 5.32 Å². The number of thiazole rings is 1. The fourth-order valence-electron chi connectivity index (χ4n) is 2.49. The molecule has 136 valence electrons. The number of carbonyl (C=O) groups excluding carboxylic acids is 1. The Balaban J connectivity index is 1.42. The highest BCUT2D eigenvalue weighted by Gasteiger charge is 2.14. The highest BCUT2D eigenvalue weighted by atomic mass is 35.5. The van der Waals surface area contributed by atoms with E-state index < -0.39 is 0 Å². The van der Waals surface area contributed by atoms with E-state index in [1.54, 1.807) is 16.9 Å². The molecule has 1 amide bonds. The summed E-state index contributed by atoms with van der Waals surface area (Å²) in [6.45, 7) is 0. The summed E-state index contributed by atoms with van der Waals surface area (Å²) in [4.78, 5) is 16.7. The summed E-state index contributed by atoms with van der Waals surface area (Å²) >= 11 is 14.8. The van der Waals surface area contributed by atoms with Gasteiger partial charge in [-0.2, -0.15) is 5.10 Å². The van der Waals surface area contributed by atoms with E-state index in [0.717, 1.165) is 16.8 Å². The molecule has 4 aromatic rings. The SMILES string of the molecule is O=C(Cc1cnn(-c2ccccc2)c1)Nc1nc(-c2cc(Cl)sc2Cl)cs1. The maximum atomic E-state index is 12.3. The molecule has 0 saturated heterocycles. The van der Waals surface area contributed by atoms with Crippen molar-refractivity contribution in [1.29, 1.82) is 0 Å². The van der Waals surface area contributed by atoms with Crippen molar-refractivity contribution in [3.63, 3.8) is 0 Å². The summed E-state index contributed by atoms with van der Waals surface area (Å²) < 4.78 is 2.92. The Hall–Kier alpha value is -2.19. The fraction of sp³-hybridized carbons (Fsp3) is 0.0556. The molecular weight excluding hydrogens is 423 g/mol. The number of amides is 1. The van der Waals surface area contributed by atoms with Gasteiger partial charge in [-0.3, -0.25) is 4.79 Å². The molecule has 27 heavy (non-hydrogen) atoms. The Morgan fingerprint density at radius 1 is 1.22 bits per heavy atom. The molecule has 0 spiro atoms. The molecule has 0 atom stereocenters. The first-order valence-corrected chi connectivity index (χ1v) is 10.3. The number of aromatic nitrogens is 3. The third-order valence-electron chi connectivity index (χ3n) is 3.70. The zero-order chi connectivity index (χ0) is 18.8. The molecule has 0 aliphatic rings. The fourth-order valence-corrected chi connectivity index (χ4v) is 4.70. The largest absolute Gasteiger partial charge is 0.302 e. The molecule has 3 heterocycles. The molecule has 9 heteroatoms. The minimum atomic E-state index is -0.155. The first-order chi connectivity index (χ1) is 13.1. The van der Waals surface area contributed by atoms with Crippen LogP contribution in [0.3, 0.4) is 0 Å². The predicted molar refractivity (Wildman–Crippen MR) is 111 cm³/mol. The number of halogens is 2. The van der Waals surface area contributed by atoms with Gasteiger partial charge in [0, 0.05) is 17.1 Å². The lowest BCUT2D eigenvalue weighted by Crippen LogP contribution is -2.13. The minimum Gasteiger partial charge on any atom is -0.302 e. The highest BCUT2D eigenvalue weighted by molar-refractivity contribution is 7.20. The maximum Gasteiger partial charge on any atom is 0.230 e. The quantitative estimate of drug-likeness (QED) is 0.448. The number of hydrogen-bond acceptors (Lipinski definition) is 5. The molecule has 5 nitrogen and oxygen atoms in total. The van der Waals surface area contributed by atoms with E-state index in [1.807, 2.05) is 41.9 Å². The number of hydrogen-bond donors (Lipinski definition) is 1. The van der Waals surface area contributed by atoms with Crippen LogP contribution in [0.2, 0.25) is 8.67 Å². The lowest BCUT2D eigenvalue weighted by Gasteiger charge is -2.00. The van der Waals surface area contributed by atoms with Crippen molar-refractivity contribution in [2.24, 2.45) is 0 Å². The van der Waals surface area contributed by atoms with Crippen LogP contribution in [0.1, 0.15) is 5.56 Å². The van der Waals surface area contributed by atoms with Crippen LogP contribution in [0, 0.1) is 0 Å². The average Bonchev–Trinajstić information content (AvgIpc) is 3.36. The standard InChI is InChI=1S/C18H12Cl2N4OS2/c19-15-7-13(17(20)27-15)14-10-26-18(22-14)23-16(25)6-11-8-21-24(9-11)12-4-2-1-3-5-12/h1-5,7-10H,6H2,(H,22,23,25). The third-order valence-corrected chi connectivity index (χ3v) is 5.95. The summed E-state index contributed by atoms with van der Waals surface area (Å²) in [6, 6.07) is 11.5. The molecule has 0 fully saturated rings. The van der Waals surface area contributed by atoms with E-state index in [4.69, 9.17) is 23.2 Å². The Bertz CT molecular complexity index is 1090. The van der Waals surface area contributed by atoms with Crippen LogP contribution in [0.5, 0.6) is 0 Å². The van der Waals surface area contributed by atoms with Gasteiger partial charge in [0.1, 0.15) is 4.34 Å². The molecule has 0 aliphatic carbocycles. The van der Waals surface area contributed by atoms with Crippen molar-refractivity contribution in [3.8, 4) is 16.9 Å². The van der Waals surface area contributed by atoms with Gasteiger partial charge in [0.05, 0.1) is 28.3 Å². The Morgan fingerprint density at radius 3 is 2.78 bits per heavy atom. The molecule has 0 bridgehead atoms. The van der Waals surface area contributed by atoms with Crippen molar-refractivity contribution >= 4 is 56.9 Å². The minimum absolute atomic E-state index is 0.155. The predicted octanol–water partition coefficient (Wildman–Crippen LogP) is 5.55. The lowest BCUT2D eigenvalue weighted by molar-refractivity contribution is -0.115. The van der Waals surface area contributed by atoms with Gasteiger partial charge in [0.15, 0.2) is 5.13 Å². The van der Waals surface area contributed by atoms with Gasteiger partial charge in [-0.1, -0.05) is 41.4 Å². The van der Waals surface area contributed by atoms with Gasteiger partial charge >= 0.3 is 0 Å². The zero-order valence-corrected chi connectivity index (χ0v) is 16.9. The Kier molecular flexibility index (Phi) is 5.27. The van der Waals surface area contributed by atoms with Gasteiger partial charge in [-0.05, 0) is 23.8 Å². The summed E-state index contributed by atoms with van der Waals surface area (Å²) in [6.07, 6.45) is 3.75. The van der Waals surface area contributed by atoms with Crippen LogP contribution >= 0.6 is 45.9 Å². The van der Waals surface area contributed by atoms with Gasteiger partial charge < -0.3 is 5.32 Å². The topological polar surface area (TPSA) is 59.8 Å². The number of carbonyl (C=O) groups is 1. The lowest BCUT2D eigenvalue weighted by atomic mass is 10.2. The second-order valence-corrected chi connectivity index (χ2v) is 8.77. The monoisotopic (exact) mass is 434 g/mol. The molecule has 4 rings (SSSR count). The smallest absolute Gasteiger partial charge is 0.230 e. The third kappa shape index (κ3) is 4.22. The molecule has 1 N–H and O–H groups in total. The molecule has 3 aromatic heterocycles. The van der Waals surface area contributed by atoms with Crippen LogP contribution in [0.15, 0.2) is 54.2 Å². The highest BCUT2D eigenvalue weighted by Crippen LogP contribution is 2.38. The van der Waals surface area contributed by atoms with E-state index in [0.29, 0.717) is 19.5 Å². The molecular formula is C18H12Cl2N4OS2. The number of nitrogens with zero attached hydrogens (tertiary/aromatic N) is 3. The molecule has 0 aliphatic heterocycles. The average molecular weight is 435 g/mol. The summed E-state index contributed by atoms with van der Waals surface area (Å²) in [5.41, 5.74) is 3.23. The van der Waals surface area contributed by atoms with E-state index in [9.17, 15) is 4.79 Å². The number of rotatable bonds is 5. The van der Waals surface area contributed by atoms with Crippen LogP contribution in [-0.4, -0.2) is 20.7 Å². The number of para-hydroxylation sites is 1. The van der Waals surface area contributed by atoms with Gasteiger partial charge in [0.25, 0.3) is 0 Å². The number of anilines is 1. The van der Waals surface area contributed by atoms with Gasteiger partial charge in [0.2, 0.25) is 5.91 Å². The molecule has 0 unspecified atom stereocenters. The zero-order valence-electron chi connectivity index (χ0n) is 13.7. The number of nitrogens with one attached hydrogen (secondary N) is 1. The molecule has 0 radical (unpaired) electrons. The second-order valence-electron chi connectivity index (χ2n) is 5.63. The Labute approximate surface area is 173 Å². The summed E-state index contributed by atoms with van der Waals surface area (Å²) in [5, 5.41) is 9.47. The number of thiophene rings is 1. The summed E-state index contributed by atoms with van der Waals surface area (Å²) in [5.74, 6) is -0.155. The van der Waals surface area contributed by atoms with Crippen molar-refractivity contribution in [2.75, 3.05) is 5.32 Å². The van der Waals surface area contributed by atoms with Gasteiger partial charge in [-0.25, -0.2) is 9.67 Å². The van der Waals surface area contributed by atoms with Crippen molar-refractivity contribution < 1.29 is 4.79 Å². The first kappa shape index (κ1) is 18.2. The van der Waals surface area contributed by atoms with E-state index >= 15 is 0 Å².